The highest BCUT2D eigenvalue weighted by Gasteiger charge is 2.23. The number of hydrogen-bond acceptors (Lipinski definition) is 4. The van der Waals surface area contributed by atoms with Gasteiger partial charge in [0.05, 0.1) is 28.1 Å². The zero-order valence-electron chi connectivity index (χ0n) is 21.9. The summed E-state index contributed by atoms with van der Waals surface area (Å²) in [5.41, 5.74) is 5.14. The van der Waals surface area contributed by atoms with Gasteiger partial charge in [-0.05, 0) is 86.3 Å². The van der Waals surface area contributed by atoms with Crippen LogP contribution in [0.4, 0.5) is 0 Å². The van der Waals surface area contributed by atoms with Crippen LogP contribution in [0.25, 0.3) is 22.1 Å². The molecular formula is C30H28Cl2N6O2. The van der Waals surface area contributed by atoms with Gasteiger partial charge >= 0.3 is 0 Å². The number of imidazole rings is 2. The molecular weight excluding hydrogens is 547 g/mol. The lowest BCUT2D eigenvalue weighted by molar-refractivity contribution is 0.0791. The summed E-state index contributed by atoms with van der Waals surface area (Å²) in [7, 11) is 0. The fourth-order valence-electron chi connectivity index (χ4n) is 5.25. The largest absolute Gasteiger partial charge is 0.342 e. The minimum atomic E-state index is -0.429. The van der Waals surface area contributed by atoms with Crippen molar-refractivity contribution in [2.75, 3.05) is 13.1 Å². The highest BCUT2D eigenvalue weighted by Crippen LogP contribution is 2.25. The first-order valence-corrected chi connectivity index (χ1v) is 14.1. The molecule has 1 aliphatic heterocycles. The maximum absolute atomic E-state index is 13.5. The van der Waals surface area contributed by atoms with E-state index in [9.17, 15) is 9.59 Å². The van der Waals surface area contributed by atoms with Gasteiger partial charge in [-0.15, -0.1) is 0 Å². The molecule has 5 aromatic rings. The molecule has 3 aromatic carbocycles. The van der Waals surface area contributed by atoms with Crippen molar-refractivity contribution in [2.45, 2.75) is 38.6 Å². The number of hydrogen-bond donors (Lipinski definition) is 3. The van der Waals surface area contributed by atoms with E-state index in [1.165, 1.54) is 0 Å². The lowest BCUT2D eigenvalue weighted by atomic mass is 10.0. The van der Waals surface area contributed by atoms with Gasteiger partial charge in [-0.25, -0.2) is 9.97 Å². The maximum Gasteiger partial charge on any atom is 0.254 e. The van der Waals surface area contributed by atoms with E-state index >= 15 is 0 Å². The minimum Gasteiger partial charge on any atom is -0.342 e. The molecule has 0 unspecified atom stereocenters. The van der Waals surface area contributed by atoms with Crippen LogP contribution in [0.2, 0.25) is 10.0 Å². The zero-order chi connectivity index (χ0) is 27.8. The predicted octanol–water partition coefficient (Wildman–Crippen LogP) is 6.39. The second kappa shape index (κ2) is 10.9. The van der Waals surface area contributed by atoms with Crippen LogP contribution in [0.1, 0.15) is 63.2 Å². The van der Waals surface area contributed by atoms with E-state index in [0.29, 0.717) is 39.8 Å². The van der Waals surface area contributed by atoms with Crippen LogP contribution in [-0.2, 0) is 6.42 Å². The van der Waals surface area contributed by atoms with Crippen LogP contribution < -0.4 is 5.32 Å². The van der Waals surface area contributed by atoms with Gasteiger partial charge in [-0.3, -0.25) is 9.59 Å². The van der Waals surface area contributed by atoms with Gasteiger partial charge < -0.3 is 20.2 Å². The molecule has 3 N–H and O–H groups in total. The summed E-state index contributed by atoms with van der Waals surface area (Å²) in [5, 5.41) is 4.37. The quantitative estimate of drug-likeness (QED) is 0.209. The number of aryl methyl sites for hydroxylation is 2. The van der Waals surface area contributed by atoms with Crippen LogP contribution in [0.15, 0.2) is 54.6 Å². The standard InChI is InChI=1S/C30H28Cl2N6O2/c1-17-14-18(4-7-21(17)30(40)38-12-2-3-13-38)29(39)37-24(28-35-23-9-6-20(32)16-26(23)36-28)10-11-27-33-22-8-5-19(31)15-25(22)34-27/h4-9,14-16,24H,2-3,10-13H2,1H3,(H,33,34)(H,35,36)(H,37,39)/t24-/m0/s1. The normalized spacial score (nSPS) is 14.2. The first kappa shape index (κ1) is 26.3. The van der Waals surface area contributed by atoms with E-state index in [-0.39, 0.29) is 11.8 Å². The Labute approximate surface area is 241 Å². The summed E-state index contributed by atoms with van der Waals surface area (Å²) >= 11 is 12.3. The van der Waals surface area contributed by atoms with Crippen molar-refractivity contribution in [3.05, 3.63) is 93.0 Å². The predicted molar refractivity (Wildman–Crippen MR) is 157 cm³/mol. The maximum atomic E-state index is 13.5. The molecule has 0 radical (unpaired) electrons. The molecule has 8 nitrogen and oxygen atoms in total. The molecule has 1 aliphatic rings. The van der Waals surface area contributed by atoms with Crippen molar-refractivity contribution < 1.29 is 9.59 Å². The monoisotopic (exact) mass is 574 g/mol. The molecule has 1 fully saturated rings. The van der Waals surface area contributed by atoms with Crippen molar-refractivity contribution in [1.82, 2.24) is 30.2 Å². The molecule has 0 bridgehead atoms. The third-order valence-electron chi connectivity index (χ3n) is 7.37. The molecule has 0 aliphatic carbocycles. The molecule has 40 heavy (non-hydrogen) atoms. The summed E-state index contributed by atoms with van der Waals surface area (Å²) in [6.45, 7) is 3.43. The first-order chi connectivity index (χ1) is 19.3. The average Bonchev–Trinajstić information content (AvgIpc) is 3.69. The number of nitrogens with one attached hydrogen (secondary N) is 3. The number of rotatable bonds is 7. The molecule has 1 saturated heterocycles. The van der Waals surface area contributed by atoms with Crippen LogP contribution in [0.5, 0.6) is 0 Å². The number of halogens is 2. The molecule has 1 atom stereocenters. The van der Waals surface area contributed by atoms with Crippen molar-refractivity contribution in [1.29, 1.82) is 0 Å². The Morgan fingerprint density at radius 2 is 1.70 bits per heavy atom. The number of likely N-dealkylation sites (tertiary alicyclic amines) is 1. The summed E-state index contributed by atoms with van der Waals surface area (Å²) in [5.74, 6) is 1.19. The molecule has 10 heteroatoms. The van der Waals surface area contributed by atoms with Gasteiger partial charge in [0.25, 0.3) is 11.8 Å². The summed E-state index contributed by atoms with van der Waals surface area (Å²) < 4.78 is 0. The lowest BCUT2D eigenvalue weighted by Crippen LogP contribution is -2.30. The molecule has 204 valence electrons. The van der Waals surface area contributed by atoms with Crippen LogP contribution in [0, 0.1) is 6.92 Å². The van der Waals surface area contributed by atoms with Crippen molar-refractivity contribution in [3.8, 4) is 0 Å². The number of aromatic nitrogens is 4. The van der Waals surface area contributed by atoms with Crippen molar-refractivity contribution >= 4 is 57.1 Å². The SMILES string of the molecule is Cc1cc(C(=O)N[C@@H](CCc2nc3cc(Cl)ccc3[nH]2)c2nc3ccc(Cl)cc3[nH]2)ccc1C(=O)N1CCCC1. The van der Waals surface area contributed by atoms with E-state index in [0.717, 1.165) is 59.4 Å². The Morgan fingerprint density at radius 3 is 2.50 bits per heavy atom. The Kier molecular flexibility index (Phi) is 7.21. The highest BCUT2D eigenvalue weighted by molar-refractivity contribution is 6.31. The Balaban J connectivity index is 1.25. The second-order valence-corrected chi connectivity index (χ2v) is 11.1. The smallest absolute Gasteiger partial charge is 0.254 e. The Bertz CT molecular complexity index is 1740. The van der Waals surface area contributed by atoms with Crippen LogP contribution in [-0.4, -0.2) is 49.7 Å². The number of aromatic amines is 2. The zero-order valence-corrected chi connectivity index (χ0v) is 23.4. The Hall–Kier alpha value is -3.88. The van der Waals surface area contributed by atoms with Gasteiger partial charge in [-0.1, -0.05) is 23.2 Å². The summed E-state index contributed by atoms with van der Waals surface area (Å²) in [6.07, 6.45) is 3.17. The van der Waals surface area contributed by atoms with E-state index in [1.807, 2.05) is 42.2 Å². The van der Waals surface area contributed by atoms with Crippen LogP contribution in [0.3, 0.4) is 0 Å². The van der Waals surface area contributed by atoms with E-state index in [4.69, 9.17) is 28.2 Å². The van der Waals surface area contributed by atoms with Crippen molar-refractivity contribution in [3.63, 3.8) is 0 Å². The van der Waals surface area contributed by atoms with Gasteiger partial charge in [0.2, 0.25) is 0 Å². The average molecular weight is 575 g/mol. The fourth-order valence-corrected chi connectivity index (χ4v) is 5.59. The topological polar surface area (TPSA) is 107 Å². The third kappa shape index (κ3) is 5.42. The number of fused-ring (bicyclic) bond motifs is 2. The second-order valence-electron chi connectivity index (χ2n) is 10.2. The molecule has 2 aromatic heterocycles. The van der Waals surface area contributed by atoms with Crippen molar-refractivity contribution in [2.24, 2.45) is 0 Å². The van der Waals surface area contributed by atoms with E-state index in [1.54, 1.807) is 24.3 Å². The number of H-pyrrole nitrogens is 2. The number of carbonyl (C=O) groups excluding carboxylic acids is 2. The number of benzene rings is 3. The molecule has 6 rings (SSSR count). The van der Waals surface area contributed by atoms with E-state index in [2.05, 4.69) is 20.3 Å². The van der Waals surface area contributed by atoms with Gasteiger partial charge in [0.15, 0.2) is 0 Å². The van der Waals surface area contributed by atoms with Crippen LogP contribution >= 0.6 is 23.2 Å². The number of amides is 2. The van der Waals surface area contributed by atoms with Gasteiger partial charge in [-0.2, -0.15) is 0 Å². The number of nitrogens with zero attached hydrogens (tertiary/aromatic N) is 3. The molecule has 0 spiro atoms. The lowest BCUT2D eigenvalue weighted by Gasteiger charge is -2.18. The summed E-state index contributed by atoms with van der Waals surface area (Å²) in [6, 6.07) is 15.8. The highest BCUT2D eigenvalue weighted by atomic mass is 35.5. The Morgan fingerprint density at radius 1 is 0.925 bits per heavy atom. The number of carbonyl (C=O) groups is 2. The molecule has 2 amide bonds. The van der Waals surface area contributed by atoms with E-state index < -0.39 is 6.04 Å². The first-order valence-electron chi connectivity index (χ1n) is 13.3. The third-order valence-corrected chi connectivity index (χ3v) is 7.84. The van der Waals surface area contributed by atoms with Gasteiger partial charge in [0, 0.05) is 40.7 Å². The van der Waals surface area contributed by atoms with Gasteiger partial charge in [0.1, 0.15) is 11.6 Å². The molecule has 3 heterocycles. The molecule has 0 saturated carbocycles. The summed E-state index contributed by atoms with van der Waals surface area (Å²) in [4.78, 5) is 44.3. The minimum absolute atomic E-state index is 0.0212. The fraction of sp³-hybridized carbons (Fsp3) is 0.267.